The third kappa shape index (κ3) is 4.72. The Kier molecular flexibility index (Phi) is 6.33. The van der Waals surface area contributed by atoms with E-state index in [9.17, 15) is 14.9 Å². The number of hydrogen-bond acceptors (Lipinski definition) is 6. The van der Waals surface area contributed by atoms with Crippen LogP contribution in [-0.4, -0.2) is 51.6 Å². The average molecular weight is 382 g/mol. The van der Waals surface area contributed by atoms with Crippen molar-refractivity contribution in [2.75, 3.05) is 26.2 Å². The summed E-state index contributed by atoms with van der Waals surface area (Å²) in [7, 11) is 0. The largest absolute Gasteiger partial charge is 0.461 e. The maximum Gasteiger partial charge on any atom is 0.347 e. The Bertz CT molecular complexity index is 880. The molecule has 2 aromatic rings. The van der Waals surface area contributed by atoms with Gasteiger partial charge >= 0.3 is 11.8 Å². The smallest absolute Gasteiger partial charge is 0.347 e. The van der Waals surface area contributed by atoms with E-state index in [0.717, 1.165) is 25.2 Å². The minimum Gasteiger partial charge on any atom is -0.461 e. The van der Waals surface area contributed by atoms with Crippen LogP contribution in [0.15, 0.2) is 37.0 Å². The predicted octanol–water partition coefficient (Wildman–Crippen LogP) is 3.31. The van der Waals surface area contributed by atoms with Crippen LogP contribution in [-0.2, 0) is 4.74 Å². The Morgan fingerprint density at radius 3 is 2.61 bits per heavy atom. The molecule has 2 heterocycles. The lowest BCUT2D eigenvalue weighted by Gasteiger charge is -2.14. The molecule has 0 N–H and O–H groups in total. The molecule has 8 heteroatoms. The van der Waals surface area contributed by atoms with Crippen LogP contribution in [0.1, 0.15) is 34.6 Å². The SMILES string of the molecule is C=Cn1c([N+](=O)[O-])cnc1C=Cc1ccc(C(=O)OCCN2CCCC2)cc1. The number of nitro groups is 1. The molecule has 1 saturated heterocycles. The second-order valence-electron chi connectivity index (χ2n) is 6.42. The summed E-state index contributed by atoms with van der Waals surface area (Å²) in [5, 5.41) is 10.9. The van der Waals surface area contributed by atoms with Crippen molar-refractivity contribution >= 4 is 30.1 Å². The monoisotopic (exact) mass is 382 g/mol. The third-order valence-corrected chi connectivity index (χ3v) is 4.59. The van der Waals surface area contributed by atoms with E-state index in [1.807, 2.05) is 0 Å². The van der Waals surface area contributed by atoms with Gasteiger partial charge < -0.3 is 14.9 Å². The standard InChI is InChI=1S/C20H22N4O4/c1-2-23-18(21-15-19(23)24(26)27)10-7-16-5-8-17(9-6-16)20(25)28-14-13-22-11-3-4-12-22/h2,5-10,15H,1,3-4,11-14H2. The minimum atomic E-state index is -0.518. The van der Waals surface area contributed by atoms with E-state index < -0.39 is 4.92 Å². The van der Waals surface area contributed by atoms with Gasteiger partial charge in [-0.3, -0.25) is 4.90 Å². The van der Waals surface area contributed by atoms with Crippen molar-refractivity contribution in [2.24, 2.45) is 0 Å². The topological polar surface area (TPSA) is 90.5 Å². The maximum atomic E-state index is 12.1. The first-order valence-electron chi connectivity index (χ1n) is 9.10. The minimum absolute atomic E-state index is 0.151. The van der Waals surface area contributed by atoms with E-state index in [-0.39, 0.29) is 11.8 Å². The van der Waals surface area contributed by atoms with Gasteiger partial charge in [0.05, 0.1) is 11.8 Å². The van der Waals surface area contributed by atoms with Crippen molar-refractivity contribution in [3.63, 3.8) is 0 Å². The van der Waals surface area contributed by atoms with Crippen molar-refractivity contribution in [3.05, 3.63) is 64.1 Å². The van der Waals surface area contributed by atoms with Crippen molar-refractivity contribution in [1.29, 1.82) is 0 Å². The molecule has 1 fully saturated rings. The number of nitrogens with zero attached hydrogens (tertiary/aromatic N) is 4. The molecule has 8 nitrogen and oxygen atoms in total. The van der Waals surface area contributed by atoms with Crippen molar-refractivity contribution in [1.82, 2.24) is 14.5 Å². The number of benzene rings is 1. The molecule has 1 aliphatic rings. The van der Waals surface area contributed by atoms with Crippen LogP contribution in [0.2, 0.25) is 0 Å². The number of carbonyl (C=O) groups is 1. The van der Waals surface area contributed by atoms with E-state index in [4.69, 9.17) is 4.74 Å². The van der Waals surface area contributed by atoms with Gasteiger partial charge in [-0.25, -0.2) is 9.78 Å². The Hall–Kier alpha value is -3.26. The maximum absolute atomic E-state index is 12.1. The number of carbonyl (C=O) groups excluding carboxylic acids is 1. The van der Waals surface area contributed by atoms with Gasteiger partial charge in [0.1, 0.15) is 12.8 Å². The molecular weight excluding hydrogens is 360 g/mol. The summed E-state index contributed by atoms with van der Waals surface area (Å²) in [6.45, 7) is 6.89. The molecule has 1 aliphatic heterocycles. The molecular formula is C20H22N4O4. The summed E-state index contributed by atoms with van der Waals surface area (Å²) in [5.74, 6) is -0.0960. The first-order chi connectivity index (χ1) is 13.6. The Balaban J connectivity index is 1.58. The first kappa shape index (κ1) is 19.5. The summed E-state index contributed by atoms with van der Waals surface area (Å²) in [5.41, 5.74) is 1.32. The second kappa shape index (κ2) is 9.09. The summed E-state index contributed by atoms with van der Waals surface area (Å²) in [6.07, 6.45) is 8.36. The fourth-order valence-electron chi connectivity index (χ4n) is 3.07. The summed E-state index contributed by atoms with van der Waals surface area (Å²) >= 11 is 0. The van der Waals surface area contributed by atoms with Crippen LogP contribution >= 0.6 is 0 Å². The van der Waals surface area contributed by atoms with Crippen LogP contribution in [0.5, 0.6) is 0 Å². The van der Waals surface area contributed by atoms with Crippen LogP contribution < -0.4 is 0 Å². The molecule has 3 rings (SSSR count). The Labute approximate surface area is 162 Å². The molecule has 0 radical (unpaired) electrons. The van der Waals surface area contributed by atoms with Gasteiger partial charge in [0.15, 0.2) is 0 Å². The van der Waals surface area contributed by atoms with Gasteiger partial charge in [0.2, 0.25) is 5.82 Å². The van der Waals surface area contributed by atoms with Gasteiger partial charge in [0.25, 0.3) is 0 Å². The molecule has 0 aliphatic carbocycles. The second-order valence-corrected chi connectivity index (χ2v) is 6.42. The van der Waals surface area contributed by atoms with Crippen LogP contribution in [0.4, 0.5) is 5.82 Å². The van der Waals surface area contributed by atoms with Crippen LogP contribution in [0, 0.1) is 10.1 Å². The van der Waals surface area contributed by atoms with Crippen molar-refractivity contribution < 1.29 is 14.5 Å². The van der Waals surface area contributed by atoms with Gasteiger partial charge in [-0.05, 0) is 54.6 Å². The fourth-order valence-corrected chi connectivity index (χ4v) is 3.07. The van der Waals surface area contributed by atoms with Crippen molar-refractivity contribution in [3.8, 4) is 0 Å². The number of ether oxygens (including phenoxy) is 1. The number of hydrogen-bond donors (Lipinski definition) is 0. The van der Waals surface area contributed by atoms with Crippen LogP contribution in [0.3, 0.4) is 0 Å². The Morgan fingerprint density at radius 2 is 1.96 bits per heavy atom. The Morgan fingerprint density at radius 1 is 1.25 bits per heavy atom. The lowest BCUT2D eigenvalue weighted by Crippen LogP contribution is -2.25. The zero-order chi connectivity index (χ0) is 19.9. The van der Waals surface area contributed by atoms with E-state index in [1.165, 1.54) is 29.8 Å². The third-order valence-electron chi connectivity index (χ3n) is 4.59. The lowest BCUT2D eigenvalue weighted by molar-refractivity contribution is -0.390. The molecule has 28 heavy (non-hydrogen) atoms. The van der Waals surface area contributed by atoms with Gasteiger partial charge in [-0.15, -0.1) is 0 Å². The van der Waals surface area contributed by atoms with E-state index >= 15 is 0 Å². The number of esters is 1. The normalized spacial score (nSPS) is 14.4. The quantitative estimate of drug-likeness (QED) is 0.395. The van der Waals surface area contributed by atoms with E-state index in [0.29, 0.717) is 18.0 Å². The molecule has 0 bridgehead atoms. The van der Waals surface area contributed by atoms with Crippen molar-refractivity contribution in [2.45, 2.75) is 12.8 Å². The van der Waals surface area contributed by atoms with Crippen LogP contribution in [0.25, 0.3) is 18.4 Å². The highest BCUT2D eigenvalue weighted by Crippen LogP contribution is 2.17. The average Bonchev–Trinajstić information content (AvgIpc) is 3.36. The highest BCUT2D eigenvalue weighted by molar-refractivity contribution is 5.89. The lowest BCUT2D eigenvalue weighted by atomic mass is 10.1. The number of likely N-dealkylation sites (tertiary alicyclic amines) is 1. The fraction of sp³-hybridized carbons (Fsp3) is 0.300. The van der Waals surface area contributed by atoms with Gasteiger partial charge in [-0.2, -0.15) is 4.57 Å². The molecule has 0 amide bonds. The molecule has 0 unspecified atom stereocenters. The van der Waals surface area contributed by atoms with E-state index in [2.05, 4.69) is 16.5 Å². The van der Waals surface area contributed by atoms with Gasteiger partial charge in [0, 0.05) is 12.6 Å². The summed E-state index contributed by atoms with van der Waals surface area (Å²) < 4.78 is 6.62. The molecule has 1 aromatic heterocycles. The molecule has 146 valence electrons. The number of aromatic nitrogens is 2. The zero-order valence-corrected chi connectivity index (χ0v) is 15.5. The predicted molar refractivity (Wildman–Crippen MR) is 107 cm³/mol. The highest BCUT2D eigenvalue weighted by atomic mass is 16.6. The number of rotatable bonds is 8. The van der Waals surface area contributed by atoms with E-state index in [1.54, 1.807) is 36.4 Å². The van der Waals surface area contributed by atoms with Gasteiger partial charge in [-0.1, -0.05) is 18.7 Å². The molecule has 1 aromatic carbocycles. The summed E-state index contributed by atoms with van der Waals surface area (Å²) in [6, 6.07) is 6.95. The molecule has 0 atom stereocenters. The first-order valence-corrected chi connectivity index (χ1v) is 9.10. The molecule has 0 spiro atoms. The summed E-state index contributed by atoms with van der Waals surface area (Å²) in [4.78, 5) is 28.9. The number of imidazole rings is 1. The molecule has 0 saturated carbocycles. The highest BCUT2D eigenvalue weighted by Gasteiger charge is 2.16. The zero-order valence-electron chi connectivity index (χ0n) is 15.5.